The van der Waals surface area contributed by atoms with Crippen molar-refractivity contribution < 1.29 is 27.4 Å². The third-order valence-corrected chi connectivity index (χ3v) is 6.53. The van der Waals surface area contributed by atoms with Gasteiger partial charge in [0.2, 0.25) is 10.0 Å². The molecule has 3 aromatic carbocycles. The molecule has 1 amide bonds. The Morgan fingerprint density at radius 1 is 0.879 bits per heavy atom. The van der Waals surface area contributed by atoms with E-state index >= 15 is 0 Å². The molecule has 0 radical (unpaired) electrons. The smallest absolute Gasteiger partial charge is 0.255 e. The Balaban J connectivity index is 1.52. The lowest BCUT2D eigenvalue weighted by atomic mass is 10.2. The van der Waals surface area contributed by atoms with E-state index in [0.717, 1.165) is 12.8 Å². The molecule has 1 saturated carbocycles. The van der Waals surface area contributed by atoms with Crippen LogP contribution in [0.2, 0.25) is 0 Å². The molecule has 0 atom stereocenters. The lowest BCUT2D eigenvalue weighted by molar-refractivity contribution is 0.102. The summed E-state index contributed by atoms with van der Waals surface area (Å²) in [6, 6.07) is 17.9. The number of anilines is 1. The van der Waals surface area contributed by atoms with Gasteiger partial charge in [0.15, 0.2) is 11.5 Å². The van der Waals surface area contributed by atoms with Crippen molar-refractivity contribution in [2.75, 3.05) is 19.5 Å². The molecule has 0 saturated heterocycles. The average molecular weight is 469 g/mol. The van der Waals surface area contributed by atoms with Crippen LogP contribution in [-0.2, 0) is 10.0 Å². The SMILES string of the molecule is COc1ccc(Oc2cc(NC(=O)c3cccc(S(=O)(=O)NC4CC4)c3)ccc2OC)cc1. The highest BCUT2D eigenvalue weighted by atomic mass is 32.2. The number of sulfonamides is 1. The third kappa shape index (κ3) is 5.63. The fourth-order valence-corrected chi connectivity index (χ4v) is 4.45. The fraction of sp³-hybridized carbons (Fsp3) is 0.208. The van der Waals surface area contributed by atoms with E-state index in [1.54, 1.807) is 61.7 Å². The van der Waals surface area contributed by atoms with Crippen molar-refractivity contribution in [3.63, 3.8) is 0 Å². The predicted molar refractivity (Wildman–Crippen MR) is 124 cm³/mol. The largest absolute Gasteiger partial charge is 0.497 e. The Labute approximate surface area is 192 Å². The van der Waals surface area contributed by atoms with Crippen LogP contribution in [0.1, 0.15) is 23.2 Å². The van der Waals surface area contributed by atoms with Crippen molar-refractivity contribution >= 4 is 21.6 Å². The van der Waals surface area contributed by atoms with Crippen molar-refractivity contribution in [1.82, 2.24) is 4.72 Å². The Morgan fingerprint density at radius 3 is 2.27 bits per heavy atom. The number of nitrogens with one attached hydrogen (secondary N) is 2. The minimum atomic E-state index is -3.66. The summed E-state index contributed by atoms with van der Waals surface area (Å²) in [6.07, 6.45) is 1.66. The summed E-state index contributed by atoms with van der Waals surface area (Å²) in [6.45, 7) is 0. The monoisotopic (exact) mass is 468 g/mol. The van der Waals surface area contributed by atoms with Gasteiger partial charge in [0.05, 0.1) is 19.1 Å². The first-order valence-electron chi connectivity index (χ1n) is 10.3. The summed E-state index contributed by atoms with van der Waals surface area (Å²) in [5.41, 5.74) is 0.691. The number of benzene rings is 3. The first kappa shape index (κ1) is 22.6. The number of carbonyl (C=O) groups excluding carboxylic acids is 1. The molecule has 1 fully saturated rings. The van der Waals surface area contributed by atoms with E-state index in [4.69, 9.17) is 14.2 Å². The zero-order valence-corrected chi connectivity index (χ0v) is 19.0. The first-order chi connectivity index (χ1) is 15.9. The molecule has 0 bridgehead atoms. The highest BCUT2D eigenvalue weighted by Gasteiger charge is 2.28. The van der Waals surface area contributed by atoms with Crippen LogP contribution in [0.3, 0.4) is 0 Å². The Kier molecular flexibility index (Phi) is 6.52. The Bertz CT molecular complexity index is 1250. The molecule has 8 nitrogen and oxygen atoms in total. The standard InChI is InChI=1S/C24H24N2O6S/c1-30-19-9-11-20(12-10-19)32-23-15-18(8-13-22(23)31-2)25-24(27)16-4-3-5-21(14-16)33(28,29)26-17-6-7-17/h3-5,8-15,17,26H,6-7H2,1-2H3,(H,25,27). The van der Waals surface area contributed by atoms with Crippen LogP contribution in [-0.4, -0.2) is 34.6 Å². The summed E-state index contributed by atoms with van der Waals surface area (Å²) in [5, 5.41) is 2.78. The molecule has 0 aromatic heterocycles. The van der Waals surface area contributed by atoms with Crippen molar-refractivity contribution in [3.05, 3.63) is 72.3 Å². The molecule has 0 heterocycles. The maximum Gasteiger partial charge on any atom is 0.255 e. The molecule has 0 spiro atoms. The molecular weight excluding hydrogens is 444 g/mol. The fourth-order valence-electron chi connectivity index (χ4n) is 3.10. The summed E-state index contributed by atoms with van der Waals surface area (Å²) in [5.74, 6) is 1.72. The highest BCUT2D eigenvalue weighted by Crippen LogP contribution is 2.34. The van der Waals surface area contributed by atoms with Crippen LogP contribution in [0, 0.1) is 0 Å². The van der Waals surface area contributed by atoms with Crippen molar-refractivity contribution in [2.24, 2.45) is 0 Å². The Morgan fingerprint density at radius 2 is 1.61 bits per heavy atom. The van der Waals surface area contributed by atoms with Gasteiger partial charge in [-0.2, -0.15) is 0 Å². The first-order valence-corrected chi connectivity index (χ1v) is 11.8. The molecule has 4 rings (SSSR count). The summed E-state index contributed by atoms with van der Waals surface area (Å²) in [4.78, 5) is 12.9. The second-order valence-corrected chi connectivity index (χ2v) is 9.23. The number of amides is 1. The van der Waals surface area contributed by atoms with Crippen LogP contribution in [0.15, 0.2) is 71.6 Å². The van der Waals surface area contributed by atoms with E-state index in [-0.39, 0.29) is 16.5 Å². The zero-order chi connectivity index (χ0) is 23.4. The summed E-state index contributed by atoms with van der Waals surface area (Å²) in [7, 11) is -0.550. The molecule has 9 heteroatoms. The normalized spacial score (nSPS) is 13.3. The lowest BCUT2D eigenvalue weighted by Gasteiger charge is -2.13. The number of methoxy groups -OCH3 is 2. The lowest BCUT2D eigenvalue weighted by Crippen LogP contribution is -2.26. The van der Waals surface area contributed by atoms with Crippen LogP contribution < -0.4 is 24.2 Å². The van der Waals surface area contributed by atoms with Gasteiger partial charge in [0.1, 0.15) is 11.5 Å². The third-order valence-electron chi connectivity index (χ3n) is 5.01. The van der Waals surface area contributed by atoms with Crippen molar-refractivity contribution in [2.45, 2.75) is 23.8 Å². The molecule has 2 N–H and O–H groups in total. The molecule has 172 valence electrons. The molecule has 0 aliphatic heterocycles. The quantitative estimate of drug-likeness (QED) is 0.488. The minimum Gasteiger partial charge on any atom is -0.497 e. The van der Waals surface area contributed by atoms with E-state index in [1.807, 2.05) is 0 Å². The molecule has 3 aromatic rings. The van der Waals surface area contributed by atoms with E-state index < -0.39 is 15.9 Å². The van der Waals surface area contributed by atoms with Gasteiger partial charge >= 0.3 is 0 Å². The highest BCUT2D eigenvalue weighted by molar-refractivity contribution is 7.89. The molecule has 1 aliphatic rings. The number of rotatable bonds is 9. The zero-order valence-electron chi connectivity index (χ0n) is 18.2. The number of hydrogen-bond acceptors (Lipinski definition) is 6. The second kappa shape index (κ2) is 9.51. The van der Waals surface area contributed by atoms with E-state index in [0.29, 0.717) is 28.7 Å². The molecular formula is C24H24N2O6S. The van der Waals surface area contributed by atoms with Gasteiger partial charge in [-0.15, -0.1) is 0 Å². The van der Waals surface area contributed by atoms with Gasteiger partial charge in [-0.3, -0.25) is 4.79 Å². The van der Waals surface area contributed by atoms with Crippen LogP contribution >= 0.6 is 0 Å². The summed E-state index contributed by atoms with van der Waals surface area (Å²) >= 11 is 0. The van der Waals surface area contributed by atoms with Gasteiger partial charge in [-0.25, -0.2) is 13.1 Å². The minimum absolute atomic E-state index is 0.0177. The van der Waals surface area contributed by atoms with E-state index in [9.17, 15) is 13.2 Å². The van der Waals surface area contributed by atoms with Gasteiger partial charge in [-0.1, -0.05) is 6.07 Å². The van der Waals surface area contributed by atoms with Gasteiger partial charge in [-0.05, 0) is 67.4 Å². The molecule has 33 heavy (non-hydrogen) atoms. The van der Waals surface area contributed by atoms with Crippen LogP contribution in [0.25, 0.3) is 0 Å². The van der Waals surface area contributed by atoms with Crippen molar-refractivity contribution in [3.8, 4) is 23.0 Å². The maximum absolute atomic E-state index is 12.8. The van der Waals surface area contributed by atoms with Crippen LogP contribution in [0.4, 0.5) is 5.69 Å². The van der Waals surface area contributed by atoms with Gasteiger partial charge in [0.25, 0.3) is 5.91 Å². The number of hydrogen-bond donors (Lipinski definition) is 2. The number of ether oxygens (including phenoxy) is 3. The number of carbonyl (C=O) groups is 1. The molecule has 0 unspecified atom stereocenters. The van der Waals surface area contributed by atoms with E-state index in [2.05, 4.69) is 10.0 Å². The topological polar surface area (TPSA) is 103 Å². The Hall–Kier alpha value is -3.56. The van der Waals surface area contributed by atoms with Gasteiger partial charge < -0.3 is 19.5 Å². The van der Waals surface area contributed by atoms with Crippen molar-refractivity contribution in [1.29, 1.82) is 0 Å². The van der Waals surface area contributed by atoms with E-state index in [1.165, 1.54) is 19.2 Å². The average Bonchev–Trinajstić information content (AvgIpc) is 3.63. The van der Waals surface area contributed by atoms with Gasteiger partial charge in [0, 0.05) is 23.4 Å². The van der Waals surface area contributed by atoms with Crippen LogP contribution in [0.5, 0.6) is 23.0 Å². The molecule has 1 aliphatic carbocycles. The second-order valence-electron chi connectivity index (χ2n) is 7.52. The predicted octanol–water partition coefficient (Wildman–Crippen LogP) is 4.19. The maximum atomic E-state index is 12.8. The summed E-state index contributed by atoms with van der Waals surface area (Å²) < 4.78 is 44.0.